The lowest BCUT2D eigenvalue weighted by Gasteiger charge is -2.39. The van der Waals surface area contributed by atoms with E-state index in [4.69, 9.17) is 14.2 Å². The zero-order valence-electron chi connectivity index (χ0n) is 21.5. The average Bonchev–Trinajstić information content (AvgIpc) is 2.90. The number of benzene rings is 1. The topological polar surface area (TPSA) is 215 Å². The van der Waals surface area contributed by atoms with Crippen molar-refractivity contribution >= 4 is 21.5 Å². The van der Waals surface area contributed by atoms with Crippen molar-refractivity contribution in [3.63, 3.8) is 0 Å². The third-order valence-corrected chi connectivity index (χ3v) is 8.50. The number of para-hydroxylation sites is 1. The van der Waals surface area contributed by atoms with Gasteiger partial charge < -0.3 is 40.0 Å². The fraction of sp³-hybridized carbons (Fsp3) is 0.542. The number of aliphatic hydroxyl groups is 4. The van der Waals surface area contributed by atoms with Crippen LogP contribution in [0, 0.1) is 10.1 Å². The molecule has 3 rings (SSSR count). The summed E-state index contributed by atoms with van der Waals surface area (Å²) < 4.78 is 42.1. The average molecular weight is 573 g/mol. The van der Waals surface area contributed by atoms with Gasteiger partial charge in [-0.2, -0.15) is 0 Å². The van der Waals surface area contributed by atoms with Gasteiger partial charge in [0, 0.05) is 23.0 Å². The molecule has 2 heterocycles. The van der Waals surface area contributed by atoms with Crippen LogP contribution in [0.4, 0.5) is 5.69 Å². The third kappa shape index (κ3) is 6.30. The predicted octanol–water partition coefficient (Wildman–Crippen LogP) is -0.418. The molecule has 15 heteroatoms. The molecule has 1 aromatic carbocycles. The molecule has 6 atom stereocenters. The van der Waals surface area contributed by atoms with E-state index in [2.05, 4.69) is 5.32 Å². The van der Waals surface area contributed by atoms with Gasteiger partial charge in [0.25, 0.3) is 5.69 Å². The smallest absolute Gasteiger partial charge is 0.336 e. The van der Waals surface area contributed by atoms with Crippen LogP contribution in [-0.4, -0.2) is 96.0 Å². The summed E-state index contributed by atoms with van der Waals surface area (Å²) >= 11 is 0. The summed E-state index contributed by atoms with van der Waals surface area (Å²) in [6.07, 6.45) is -7.50. The Morgan fingerprint density at radius 2 is 1.77 bits per heavy atom. The van der Waals surface area contributed by atoms with E-state index in [-0.39, 0.29) is 45.5 Å². The van der Waals surface area contributed by atoms with Gasteiger partial charge in [-0.25, -0.2) is 13.2 Å². The molecule has 216 valence electrons. The van der Waals surface area contributed by atoms with Crippen molar-refractivity contribution in [3.05, 3.63) is 61.8 Å². The highest BCUT2D eigenvalue weighted by Gasteiger charge is 2.44. The molecule has 2 aliphatic heterocycles. The molecule has 2 aliphatic rings. The van der Waals surface area contributed by atoms with E-state index < -0.39 is 70.6 Å². The molecular weight excluding hydrogens is 540 g/mol. The highest BCUT2D eigenvalue weighted by molar-refractivity contribution is 7.95. The van der Waals surface area contributed by atoms with Gasteiger partial charge in [-0.1, -0.05) is 25.1 Å². The quantitative estimate of drug-likeness (QED) is 0.104. The molecule has 5 N–H and O–H groups in total. The molecule has 0 spiro atoms. The number of allylic oxidation sites excluding steroid dienone is 3. The van der Waals surface area contributed by atoms with Gasteiger partial charge in [0.15, 0.2) is 16.1 Å². The monoisotopic (exact) mass is 572 g/mol. The largest absolute Gasteiger partial charge is 0.460 e. The van der Waals surface area contributed by atoms with E-state index in [1.807, 2.05) is 0 Å². The van der Waals surface area contributed by atoms with Crippen molar-refractivity contribution in [2.24, 2.45) is 0 Å². The number of nitrogens with zero attached hydrogens (tertiary/aromatic N) is 1. The highest BCUT2D eigenvalue weighted by Crippen LogP contribution is 2.44. The predicted molar refractivity (Wildman–Crippen MR) is 135 cm³/mol. The van der Waals surface area contributed by atoms with Crippen LogP contribution < -0.4 is 5.32 Å². The number of nitrogens with one attached hydrogen (secondary N) is 1. The number of carbonyl (C=O) groups is 1. The van der Waals surface area contributed by atoms with Gasteiger partial charge in [0.2, 0.25) is 0 Å². The summed E-state index contributed by atoms with van der Waals surface area (Å²) in [4.78, 5) is 24.3. The first-order valence-corrected chi connectivity index (χ1v) is 13.7. The molecule has 0 bridgehead atoms. The molecular formula is C24H32N2O12S. The van der Waals surface area contributed by atoms with Gasteiger partial charge >= 0.3 is 5.97 Å². The van der Waals surface area contributed by atoms with Crippen molar-refractivity contribution in [1.82, 2.24) is 5.32 Å². The molecule has 14 nitrogen and oxygen atoms in total. The van der Waals surface area contributed by atoms with Crippen molar-refractivity contribution < 1.29 is 52.8 Å². The van der Waals surface area contributed by atoms with Crippen LogP contribution in [-0.2, 0) is 28.8 Å². The van der Waals surface area contributed by atoms with E-state index in [0.717, 1.165) is 0 Å². The van der Waals surface area contributed by atoms with Gasteiger partial charge in [-0.3, -0.25) is 10.1 Å². The van der Waals surface area contributed by atoms with E-state index in [1.54, 1.807) is 0 Å². The molecule has 1 aromatic rings. The minimum absolute atomic E-state index is 0.000700. The minimum atomic E-state index is -3.94. The van der Waals surface area contributed by atoms with Crippen LogP contribution in [0.3, 0.4) is 0 Å². The maximum Gasteiger partial charge on any atom is 0.336 e. The van der Waals surface area contributed by atoms with Gasteiger partial charge in [0.1, 0.15) is 31.0 Å². The van der Waals surface area contributed by atoms with Crippen LogP contribution in [0.25, 0.3) is 0 Å². The van der Waals surface area contributed by atoms with Crippen molar-refractivity contribution in [3.8, 4) is 0 Å². The molecule has 1 fully saturated rings. The Bertz CT molecular complexity index is 1260. The number of nitro groups is 1. The summed E-state index contributed by atoms with van der Waals surface area (Å²) in [5.74, 6) is -2.60. The van der Waals surface area contributed by atoms with Crippen LogP contribution >= 0.6 is 0 Å². The molecule has 0 amide bonds. The second-order valence-corrected chi connectivity index (χ2v) is 11.3. The number of hydrogen-bond acceptors (Lipinski definition) is 13. The first-order chi connectivity index (χ1) is 18.3. The lowest BCUT2D eigenvalue weighted by Crippen LogP contribution is -2.59. The second kappa shape index (κ2) is 12.5. The van der Waals surface area contributed by atoms with Crippen molar-refractivity contribution in [1.29, 1.82) is 0 Å². The normalized spacial score (nSPS) is 27.8. The van der Waals surface area contributed by atoms with Crippen molar-refractivity contribution in [2.45, 2.75) is 57.4 Å². The molecule has 39 heavy (non-hydrogen) atoms. The SMILES string of the molecule is CCS(=O)(=O)C1=C(C)NC(C)=C(C(=O)OCCO[C@@H]2O[C@H](CO)[C@@H](O)[C@H](O)[C@H]2O)C1c1ccccc1[N+](=O)[O-]. The Morgan fingerprint density at radius 1 is 1.10 bits per heavy atom. The summed E-state index contributed by atoms with van der Waals surface area (Å²) in [5, 5.41) is 53.8. The zero-order valence-corrected chi connectivity index (χ0v) is 22.3. The van der Waals surface area contributed by atoms with E-state index >= 15 is 0 Å². The van der Waals surface area contributed by atoms with Gasteiger partial charge in [0.05, 0.1) is 40.3 Å². The van der Waals surface area contributed by atoms with E-state index in [1.165, 1.54) is 45.0 Å². The maximum atomic E-state index is 13.3. The molecule has 1 unspecified atom stereocenters. The standard InChI is InChI=1S/C24H32N2O12S/c1-4-39(34,35)22-13(3)25-12(2)17(18(22)14-7-5-6-8-15(14)26(32)33)23(31)36-9-10-37-24-21(30)20(29)19(28)16(11-27)38-24/h5-8,16,18-21,24-25,27-30H,4,9-11H2,1-3H3/t16-,18?,19-,20+,21-,24-/m1/s1. The van der Waals surface area contributed by atoms with Crippen LogP contribution in [0.15, 0.2) is 46.1 Å². The highest BCUT2D eigenvalue weighted by atomic mass is 32.2. The molecule has 1 saturated heterocycles. The van der Waals surface area contributed by atoms with E-state index in [0.29, 0.717) is 0 Å². The maximum absolute atomic E-state index is 13.3. The number of ether oxygens (including phenoxy) is 3. The Labute approximate surface area is 224 Å². The second-order valence-electron chi connectivity index (χ2n) is 9.01. The zero-order chi connectivity index (χ0) is 29.1. The molecule has 0 radical (unpaired) electrons. The van der Waals surface area contributed by atoms with Crippen LogP contribution in [0.1, 0.15) is 32.3 Å². The number of rotatable bonds is 10. The summed E-state index contributed by atoms with van der Waals surface area (Å²) in [5.41, 5.74) is -0.0513. The lowest BCUT2D eigenvalue weighted by molar-refractivity contribution is -0.385. The summed E-state index contributed by atoms with van der Waals surface area (Å²) in [6.45, 7) is 3.03. The lowest BCUT2D eigenvalue weighted by atomic mass is 9.85. The number of carbonyl (C=O) groups excluding carboxylic acids is 1. The van der Waals surface area contributed by atoms with E-state index in [9.17, 15) is 43.8 Å². The summed E-state index contributed by atoms with van der Waals surface area (Å²) in [6, 6.07) is 5.53. The Balaban J connectivity index is 1.85. The molecule has 0 aromatic heterocycles. The van der Waals surface area contributed by atoms with Gasteiger partial charge in [-0.05, 0) is 13.8 Å². The number of hydrogen-bond donors (Lipinski definition) is 5. The number of dihydropyridines is 1. The number of sulfone groups is 1. The Kier molecular flexibility index (Phi) is 9.82. The Morgan fingerprint density at radius 3 is 2.38 bits per heavy atom. The van der Waals surface area contributed by atoms with Crippen molar-refractivity contribution in [2.75, 3.05) is 25.6 Å². The first kappa shape index (κ1) is 30.6. The number of aliphatic hydroxyl groups excluding tert-OH is 4. The summed E-state index contributed by atoms with van der Waals surface area (Å²) in [7, 11) is -3.94. The van der Waals surface area contributed by atoms with Gasteiger partial charge in [-0.15, -0.1) is 0 Å². The number of esters is 1. The van der Waals surface area contributed by atoms with Crippen LogP contribution in [0.2, 0.25) is 0 Å². The van der Waals surface area contributed by atoms with Crippen LogP contribution in [0.5, 0.6) is 0 Å². The first-order valence-electron chi connectivity index (χ1n) is 12.1. The fourth-order valence-corrected chi connectivity index (χ4v) is 6.02. The minimum Gasteiger partial charge on any atom is -0.460 e. The third-order valence-electron chi connectivity index (χ3n) is 6.53. The molecule has 0 saturated carbocycles. The fourth-order valence-electron chi connectivity index (χ4n) is 4.59. The molecule has 0 aliphatic carbocycles. The Hall–Kier alpha value is -2.92. The number of nitro benzene ring substituents is 1.